The average molecular weight is 336 g/mol. The van der Waals surface area contributed by atoms with E-state index in [4.69, 9.17) is 23.2 Å². The van der Waals surface area contributed by atoms with E-state index in [0.29, 0.717) is 0 Å². The summed E-state index contributed by atoms with van der Waals surface area (Å²) in [6.07, 6.45) is 0.774. The molecular weight excluding hydrogens is 321 g/mol. The topological polar surface area (TPSA) is 12.0 Å². The molecule has 0 fully saturated rings. The molecule has 0 radical (unpaired) electrons. The smallest absolute Gasteiger partial charge is 0.0453 e. The van der Waals surface area contributed by atoms with Gasteiger partial charge in [-0.2, -0.15) is 0 Å². The maximum atomic E-state index is 6.30. The summed E-state index contributed by atoms with van der Waals surface area (Å²) in [5.41, 5.74) is 2.30. The van der Waals surface area contributed by atoms with Crippen molar-refractivity contribution in [3.05, 3.63) is 69.0 Å². The molecule has 0 spiro atoms. The first-order valence-corrected chi connectivity index (χ1v) is 8.40. The van der Waals surface area contributed by atoms with Crippen LogP contribution in [0.25, 0.3) is 10.1 Å². The molecule has 1 atom stereocenters. The Morgan fingerprint density at radius 1 is 1.05 bits per heavy atom. The van der Waals surface area contributed by atoms with Gasteiger partial charge in [-0.3, -0.25) is 0 Å². The predicted octanol–water partition coefficient (Wildman–Crippen LogP) is 5.71. The first-order valence-electron chi connectivity index (χ1n) is 6.77. The van der Waals surface area contributed by atoms with Crippen LogP contribution >= 0.6 is 34.5 Å². The zero-order chi connectivity index (χ0) is 14.8. The summed E-state index contributed by atoms with van der Waals surface area (Å²) in [4.78, 5) is 0. The number of nitrogens with one attached hydrogen (secondary N) is 1. The molecule has 4 heteroatoms. The van der Waals surface area contributed by atoms with E-state index in [2.05, 4.69) is 35.0 Å². The minimum absolute atomic E-state index is 0.193. The molecule has 3 rings (SSSR count). The molecule has 1 nitrogen and oxygen atoms in total. The minimum atomic E-state index is 0.193. The Balaban J connectivity index is 1.99. The summed E-state index contributed by atoms with van der Waals surface area (Å²) in [5, 5.41) is 8.35. The van der Waals surface area contributed by atoms with Crippen LogP contribution in [0, 0.1) is 0 Å². The Morgan fingerprint density at radius 3 is 2.48 bits per heavy atom. The van der Waals surface area contributed by atoms with Gasteiger partial charge in [-0.1, -0.05) is 47.5 Å². The van der Waals surface area contributed by atoms with Crippen molar-refractivity contribution in [2.45, 2.75) is 12.5 Å². The minimum Gasteiger partial charge on any atom is -0.313 e. The van der Waals surface area contributed by atoms with Gasteiger partial charge in [0.1, 0.15) is 0 Å². The van der Waals surface area contributed by atoms with Crippen LogP contribution in [0.5, 0.6) is 0 Å². The summed E-state index contributed by atoms with van der Waals surface area (Å²) < 4.78 is 1.30. The van der Waals surface area contributed by atoms with Crippen LogP contribution in [0.15, 0.2) is 47.8 Å². The molecule has 1 N–H and O–H groups in total. The fraction of sp³-hybridized carbons (Fsp3) is 0.176. The second kappa shape index (κ2) is 6.37. The van der Waals surface area contributed by atoms with Crippen LogP contribution in [-0.4, -0.2) is 7.05 Å². The zero-order valence-corrected chi connectivity index (χ0v) is 13.9. The number of halogens is 2. The number of rotatable bonds is 4. The highest BCUT2D eigenvalue weighted by molar-refractivity contribution is 7.17. The molecule has 2 aromatic carbocycles. The van der Waals surface area contributed by atoms with Crippen LogP contribution in [0.1, 0.15) is 17.2 Å². The molecule has 108 valence electrons. The van der Waals surface area contributed by atoms with Gasteiger partial charge < -0.3 is 5.32 Å². The monoisotopic (exact) mass is 335 g/mol. The predicted molar refractivity (Wildman–Crippen MR) is 93.8 cm³/mol. The van der Waals surface area contributed by atoms with Crippen LogP contribution in [0.3, 0.4) is 0 Å². The van der Waals surface area contributed by atoms with Crippen molar-refractivity contribution in [3.8, 4) is 0 Å². The molecule has 1 aromatic heterocycles. The van der Waals surface area contributed by atoms with Gasteiger partial charge in [-0.25, -0.2) is 0 Å². The van der Waals surface area contributed by atoms with Crippen LogP contribution in [-0.2, 0) is 6.42 Å². The molecule has 0 amide bonds. The molecule has 1 unspecified atom stereocenters. The zero-order valence-electron chi connectivity index (χ0n) is 11.6. The van der Waals surface area contributed by atoms with Crippen molar-refractivity contribution in [2.24, 2.45) is 0 Å². The molecule has 3 aromatic rings. The van der Waals surface area contributed by atoms with Gasteiger partial charge in [0.2, 0.25) is 0 Å². The van der Waals surface area contributed by atoms with Crippen LogP contribution < -0.4 is 5.32 Å². The second-order valence-electron chi connectivity index (χ2n) is 4.93. The Morgan fingerprint density at radius 2 is 1.76 bits per heavy atom. The highest BCUT2D eigenvalue weighted by atomic mass is 35.5. The van der Waals surface area contributed by atoms with E-state index in [1.807, 2.05) is 25.2 Å². The number of benzene rings is 2. The first-order chi connectivity index (χ1) is 10.2. The maximum Gasteiger partial charge on any atom is 0.0453 e. The molecule has 0 bridgehead atoms. The number of likely N-dealkylation sites (N-methyl/N-ethyl adjacent to an activating group) is 1. The fourth-order valence-corrected chi connectivity index (χ4v) is 4.13. The lowest BCUT2D eigenvalue weighted by molar-refractivity contribution is 0.598. The van der Waals surface area contributed by atoms with Crippen molar-refractivity contribution >= 4 is 44.6 Å². The number of hydrogen-bond acceptors (Lipinski definition) is 2. The van der Waals surface area contributed by atoms with Crippen molar-refractivity contribution in [1.82, 2.24) is 5.32 Å². The molecule has 0 saturated carbocycles. The second-order valence-corrected chi connectivity index (χ2v) is 6.66. The Kier molecular flexibility index (Phi) is 4.51. The van der Waals surface area contributed by atoms with Crippen LogP contribution in [0.2, 0.25) is 10.0 Å². The molecule has 1 heterocycles. The summed E-state index contributed by atoms with van der Waals surface area (Å²) in [7, 11) is 1.97. The van der Waals surface area contributed by atoms with Gasteiger partial charge in [0, 0.05) is 20.8 Å². The number of thiophene rings is 1. The van der Waals surface area contributed by atoms with Crippen molar-refractivity contribution in [2.75, 3.05) is 7.05 Å². The third-order valence-corrected chi connectivity index (χ3v) is 5.39. The van der Waals surface area contributed by atoms with Gasteiger partial charge in [0.25, 0.3) is 0 Å². The van der Waals surface area contributed by atoms with Crippen molar-refractivity contribution < 1.29 is 0 Å². The summed E-state index contributed by atoms with van der Waals surface area (Å²) in [6, 6.07) is 14.3. The largest absolute Gasteiger partial charge is 0.313 e. The lowest BCUT2D eigenvalue weighted by atomic mass is 9.98. The molecule has 0 saturated heterocycles. The Bertz CT molecular complexity index is 746. The SMILES string of the molecule is CNC(Cc1c(Cl)cccc1Cl)c1csc2ccccc12. The molecular formula is C17H15Cl2NS. The van der Waals surface area contributed by atoms with E-state index in [1.54, 1.807) is 11.3 Å². The quantitative estimate of drug-likeness (QED) is 0.643. The van der Waals surface area contributed by atoms with Gasteiger partial charge in [-0.05, 0) is 53.6 Å². The highest BCUT2D eigenvalue weighted by Crippen LogP contribution is 2.34. The van der Waals surface area contributed by atoms with Gasteiger partial charge in [0.05, 0.1) is 0 Å². The van der Waals surface area contributed by atoms with E-state index in [-0.39, 0.29) is 6.04 Å². The highest BCUT2D eigenvalue weighted by Gasteiger charge is 2.17. The fourth-order valence-electron chi connectivity index (χ4n) is 2.57. The third kappa shape index (κ3) is 2.95. The van der Waals surface area contributed by atoms with Gasteiger partial charge in [0.15, 0.2) is 0 Å². The van der Waals surface area contributed by atoms with E-state index in [9.17, 15) is 0 Å². The lowest BCUT2D eigenvalue weighted by Crippen LogP contribution is -2.18. The standard InChI is InChI=1S/C17H15Cl2NS/c1-20-16(9-12-14(18)6-4-7-15(12)19)13-10-21-17-8-3-2-5-11(13)17/h2-8,10,16,20H,9H2,1H3. The molecule has 21 heavy (non-hydrogen) atoms. The van der Waals surface area contributed by atoms with Gasteiger partial charge in [-0.15, -0.1) is 11.3 Å². The molecule has 0 aliphatic rings. The van der Waals surface area contributed by atoms with E-state index >= 15 is 0 Å². The Labute approximate surface area is 138 Å². The third-order valence-electron chi connectivity index (χ3n) is 3.70. The van der Waals surface area contributed by atoms with E-state index < -0.39 is 0 Å². The lowest BCUT2D eigenvalue weighted by Gasteiger charge is -2.17. The number of hydrogen-bond donors (Lipinski definition) is 1. The summed E-state index contributed by atoms with van der Waals surface area (Å²) in [6.45, 7) is 0. The normalized spacial score (nSPS) is 12.7. The average Bonchev–Trinajstić information content (AvgIpc) is 2.91. The summed E-state index contributed by atoms with van der Waals surface area (Å²) >= 11 is 14.4. The van der Waals surface area contributed by atoms with E-state index in [1.165, 1.54) is 15.6 Å². The van der Waals surface area contributed by atoms with Crippen LogP contribution in [0.4, 0.5) is 0 Å². The first kappa shape index (κ1) is 14.9. The Hall–Kier alpha value is -1.06. The van der Waals surface area contributed by atoms with E-state index in [0.717, 1.165) is 22.0 Å². The molecule has 0 aliphatic heterocycles. The summed E-state index contributed by atoms with van der Waals surface area (Å²) in [5.74, 6) is 0. The van der Waals surface area contributed by atoms with Crippen molar-refractivity contribution in [1.29, 1.82) is 0 Å². The maximum absolute atomic E-state index is 6.30. The van der Waals surface area contributed by atoms with Crippen molar-refractivity contribution in [3.63, 3.8) is 0 Å². The molecule has 0 aliphatic carbocycles. The number of fused-ring (bicyclic) bond motifs is 1. The van der Waals surface area contributed by atoms with Gasteiger partial charge >= 0.3 is 0 Å².